The number of nitrogens with one attached hydrogen (secondary N) is 1. The van der Waals surface area contributed by atoms with Crippen LogP contribution in [0.1, 0.15) is 10.4 Å². The molecule has 2 N–H and O–H groups in total. The van der Waals surface area contributed by atoms with E-state index in [1.807, 2.05) is 30.3 Å². The monoisotopic (exact) mass is 354 g/mol. The number of aromatic carboxylic acids is 1. The van der Waals surface area contributed by atoms with Crippen LogP contribution in [0.15, 0.2) is 66.1 Å². The minimum Gasteiger partial charge on any atom is -0.478 e. The molecule has 0 fully saturated rings. The lowest BCUT2D eigenvalue weighted by Crippen LogP contribution is -2.14. The van der Waals surface area contributed by atoms with Gasteiger partial charge >= 0.3 is 5.97 Å². The van der Waals surface area contributed by atoms with Crippen LogP contribution in [0.2, 0.25) is 0 Å². The Labute approximate surface area is 147 Å². The number of carbonyl (C=O) groups excluding carboxylic acids is 1. The average molecular weight is 354 g/mol. The van der Waals surface area contributed by atoms with Crippen LogP contribution in [0.4, 0.5) is 5.69 Å². The zero-order chi connectivity index (χ0) is 17.6. The van der Waals surface area contributed by atoms with Crippen LogP contribution < -0.4 is 5.32 Å². The Morgan fingerprint density at radius 2 is 1.92 bits per heavy atom. The number of aromatic nitrogens is 3. The molecular weight excluding hydrogens is 340 g/mol. The maximum Gasteiger partial charge on any atom is 0.335 e. The van der Waals surface area contributed by atoms with Gasteiger partial charge in [0.15, 0.2) is 0 Å². The van der Waals surface area contributed by atoms with Crippen LogP contribution in [0.5, 0.6) is 0 Å². The SMILES string of the molecule is O=C(CSc1ncn(-c2ccccc2)n1)Nc1cccc(C(=O)O)c1. The third-order valence-corrected chi connectivity index (χ3v) is 4.07. The van der Waals surface area contributed by atoms with Gasteiger partial charge in [0.2, 0.25) is 11.1 Å². The molecule has 0 spiro atoms. The van der Waals surface area contributed by atoms with Crippen LogP contribution in [0, 0.1) is 0 Å². The van der Waals surface area contributed by atoms with Crippen LogP contribution in [0.3, 0.4) is 0 Å². The molecule has 0 saturated carbocycles. The van der Waals surface area contributed by atoms with Gasteiger partial charge in [-0.2, -0.15) is 0 Å². The molecule has 0 aliphatic carbocycles. The quantitative estimate of drug-likeness (QED) is 0.661. The second-order valence-corrected chi connectivity index (χ2v) is 5.97. The summed E-state index contributed by atoms with van der Waals surface area (Å²) < 4.78 is 1.64. The Balaban J connectivity index is 1.57. The fourth-order valence-corrected chi connectivity index (χ4v) is 2.68. The van der Waals surface area contributed by atoms with Crippen LogP contribution >= 0.6 is 11.8 Å². The predicted octanol–water partition coefficient (Wildman–Crippen LogP) is 2.70. The number of benzene rings is 2. The molecule has 0 atom stereocenters. The molecule has 3 rings (SSSR count). The summed E-state index contributed by atoms with van der Waals surface area (Å²) in [7, 11) is 0. The van der Waals surface area contributed by atoms with E-state index < -0.39 is 5.97 Å². The first-order valence-corrected chi connectivity index (χ1v) is 8.33. The first-order valence-electron chi connectivity index (χ1n) is 7.35. The van der Waals surface area contributed by atoms with E-state index in [2.05, 4.69) is 15.4 Å². The highest BCUT2D eigenvalue weighted by atomic mass is 32.2. The van der Waals surface area contributed by atoms with Crippen LogP contribution in [-0.2, 0) is 4.79 Å². The fraction of sp³-hybridized carbons (Fsp3) is 0.0588. The molecule has 2 aromatic carbocycles. The number of thioether (sulfide) groups is 1. The van der Waals surface area contributed by atoms with E-state index in [1.165, 1.54) is 23.9 Å². The molecule has 0 saturated heterocycles. The molecule has 0 bridgehead atoms. The summed E-state index contributed by atoms with van der Waals surface area (Å²) in [5.74, 6) is -1.18. The summed E-state index contributed by atoms with van der Waals surface area (Å²) in [6, 6.07) is 15.6. The van der Waals surface area contributed by atoms with E-state index in [-0.39, 0.29) is 17.2 Å². The molecule has 0 aliphatic heterocycles. The summed E-state index contributed by atoms with van der Waals surface area (Å²) in [6.07, 6.45) is 1.59. The topological polar surface area (TPSA) is 97.1 Å². The van der Waals surface area contributed by atoms with Crippen molar-refractivity contribution in [2.45, 2.75) is 5.16 Å². The Hall–Kier alpha value is -3.13. The minimum absolute atomic E-state index is 0.119. The highest BCUT2D eigenvalue weighted by molar-refractivity contribution is 7.99. The average Bonchev–Trinajstić information content (AvgIpc) is 3.10. The summed E-state index contributed by atoms with van der Waals surface area (Å²) >= 11 is 1.20. The molecule has 1 heterocycles. The normalized spacial score (nSPS) is 10.4. The van der Waals surface area contributed by atoms with Crippen molar-refractivity contribution in [3.63, 3.8) is 0 Å². The highest BCUT2D eigenvalue weighted by Crippen LogP contribution is 2.16. The van der Waals surface area contributed by atoms with Crippen molar-refractivity contribution in [2.75, 3.05) is 11.1 Å². The third-order valence-electron chi connectivity index (χ3n) is 3.22. The van der Waals surface area contributed by atoms with Crippen LogP contribution in [-0.4, -0.2) is 37.5 Å². The molecule has 8 heteroatoms. The Kier molecular flexibility index (Phi) is 5.10. The standard InChI is InChI=1S/C17H14N4O3S/c22-15(19-13-6-4-5-12(9-13)16(23)24)10-25-17-18-11-21(20-17)14-7-2-1-3-8-14/h1-9,11H,10H2,(H,19,22)(H,23,24). The Morgan fingerprint density at radius 3 is 2.68 bits per heavy atom. The summed E-state index contributed by atoms with van der Waals surface area (Å²) in [5.41, 5.74) is 1.44. The van der Waals surface area contributed by atoms with E-state index in [1.54, 1.807) is 23.1 Å². The molecule has 0 radical (unpaired) electrons. The van der Waals surface area contributed by atoms with Gasteiger partial charge in [0, 0.05) is 5.69 Å². The van der Waals surface area contributed by atoms with Crippen molar-refractivity contribution >= 4 is 29.3 Å². The molecule has 25 heavy (non-hydrogen) atoms. The van der Waals surface area contributed by atoms with E-state index in [4.69, 9.17) is 5.11 Å². The number of hydrogen-bond acceptors (Lipinski definition) is 5. The second-order valence-electron chi connectivity index (χ2n) is 5.03. The molecule has 3 aromatic rings. The fourth-order valence-electron chi connectivity index (χ4n) is 2.08. The maximum absolute atomic E-state index is 12.0. The van der Waals surface area contributed by atoms with Crippen molar-refractivity contribution < 1.29 is 14.7 Å². The minimum atomic E-state index is -1.04. The first-order chi connectivity index (χ1) is 12.1. The molecule has 1 amide bonds. The molecule has 0 unspecified atom stereocenters. The summed E-state index contributed by atoms with van der Waals surface area (Å²) in [4.78, 5) is 27.1. The first kappa shape index (κ1) is 16.7. The summed E-state index contributed by atoms with van der Waals surface area (Å²) in [5, 5.41) is 16.4. The van der Waals surface area contributed by atoms with Gasteiger partial charge < -0.3 is 10.4 Å². The van der Waals surface area contributed by atoms with Crippen molar-refractivity contribution in [3.05, 3.63) is 66.5 Å². The van der Waals surface area contributed by atoms with Gasteiger partial charge in [0.05, 0.1) is 17.0 Å². The van der Waals surface area contributed by atoms with Gasteiger partial charge in [-0.3, -0.25) is 4.79 Å². The van der Waals surface area contributed by atoms with E-state index in [9.17, 15) is 9.59 Å². The van der Waals surface area contributed by atoms with E-state index >= 15 is 0 Å². The van der Waals surface area contributed by atoms with Gasteiger partial charge in [0.1, 0.15) is 6.33 Å². The molecule has 0 aliphatic rings. The van der Waals surface area contributed by atoms with Gasteiger partial charge in [0.25, 0.3) is 0 Å². The molecule has 7 nitrogen and oxygen atoms in total. The Bertz CT molecular complexity index is 896. The van der Waals surface area contributed by atoms with Crippen molar-refractivity contribution in [1.82, 2.24) is 14.8 Å². The summed E-state index contributed by atoms with van der Waals surface area (Å²) in [6.45, 7) is 0. The van der Waals surface area contributed by atoms with Gasteiger partial charge in [-0.05, 0) is 30.3 Å². The number of para-hydroxylation sites is 1. The molecule has 1 aromatic heterocycles. The van der Waals surface area contributed by atoms with E-state index in [0.717, 1.165) is 5.69 Å². The zero-order valence-electron chi connectivity index (χ0n) is 13.0. The molecular formula is C17H14N4O3S. The smallest absolute Gasteiger partial charge is 0.335 e. The maximum atomic E-state index is 12.0. The number of nitrogens with zero attached hydrogens (tertiary/aromatic N) is 3. The third kappa shape index (κ3) is 4.45. The van der Waals surface area contributed by atoms with Crippen molar-refractivity contribution in [2.24, 2.45) is 0 Å². The lowest BCUT2D eigenvalue weighted by molar-refractivity contribution is -0.113. The van der Waals surface area contributed by atoms with Gasteiger partial charge in [-0.15, -0.1) is 5.10 Å². The highest BCUT2D eigenvalue weighted by Gasteiger charge is 2.09. The zero-order valence-corrected chi connectivity index (χ0v) is 13.8. The lowest BCUT2D eigenvalue weighted by Gasteiger charge is -2.05. The van der Waals surface area contributed by atoms with E-state index in [0.29, 0.717) is 10.8 Å². The second kappa shape index (κ2) is 7.63. The largest absolute Gasteiger partial charge is 0.478 e. The number of hydrogen-bond donors (Lipinski definition) is 2. The lowest BCUT2D eigenvalue weighted by atomic mass is 10.2. The van der Waals surface area contributed by atoms with Crippen molar-refractivity contribution in [3.8, 4) is 5.69 Å². The number of anilines is 1. The number of carboxylic acids is 1. The van der Waals surface area contributed by atoms with Crippen LogP contribution in [0.25, 0.3) is 5.69 Å². The predicted molar refractivity (Wildman–Crippen MR) is 94.1 cm³/mol. The number of amides is 1. The van der Waals surface area contributed by atoms with Crippen molar-refractivity contribution in [1.29, 1.82) is 0 Å². The number of carboxylic acid groups (broad SMARTS) is 1. The Morgan fingerprint density at radius 1 is 1.12 bits per heavy atom. The van der Waals surface area contributed by atoms with Gasteiger partial charge in [-0.25, -0.2) is 14.5 Å². The number of rotatable bonds is 6. The molecule has 126 valence electrons. The van der Waals surface area contributed by atoms with Gasteiger partial charge in [-0.1, -0.05) is 36.0 Å². The number of carbonyl (C=O) groups is 2.